The van der Waals surface area contributed by atoms with Gasteiger partial charge in [-0.3, -0.25) is 14.4 Å². The number of carbonyl (C=O) groups excluding carboxylic acids is 4. The van der Waals surface area contributed by atoms with Gasteiger partial charge in [0, 0.05) is 36.0 Å². The molecule has 36 heavy (non-hydrogen) atoms. The van der Waals surface area contributed by atoms with Crippen LogP contribution in [0.2, 0.25) is 0 Å². The highest BCUT2D eigenvalue weighted by molar-refractivity contribution is 8.14. The molecule has 2 aromatic rings. The van der Waals surface area contributed by atoms with Crippen LogP contribution in [0.1, 0.15) is 37.0 Å². The van der Waals surface area contributed by atoms with E-state index in [2.05, 4.69) is 12.6 Å². The van der Waals surface area contributed by atoms with Crippen LogP contribution in [-0.2, 0) is 19.2 Å². The molecular weight excluding hydrogens is 514 g/mol. The van der Waals surface area contributed by atoms with Crippen molar-refractivity contribution in [1.82, 2.24) is 0 Å². The number of thioether (sulfide) groups is 1. The van der Waals surface area contributed by atoms with E-state index in [1.165, 1.54) is 38.1 Å². The van der Waals surface area contributed by atoms with Gasteiger partial charge < -0.3 is 19.4 Å². The van der Waals surface area contributed by atoms with E-state index < -0.39 is 40.5 Å². The number of aliphatic carboxylic acids is 1. The summed E-state index contributed by atoms with van der Waals surface area (Å²) in [5.41, 5.74) is 0.00432. The fourth-order valence-corrected chi connectivity index (χ4v) is 4.46. The Morgan fingerprint density at radius 2 is 1.61 bits per heavy atom. The summed E-state index contributed by atoms with van der Waals surface area (Å²) >= 11 is 4.67. The van der Waals surface area contributed by atoms with Crippen molar-refractivity contribution in [3.63, 3.8) is 0 Å². The summed E-state index contributed by atoms with van der Waals surface area (Å²) in [7, 11) is 0. The van der Waals surface area contributed by atoms with E-state index in [1.54, 1.807) is 0 Å². The van der Waals surface area contributed by atoms with E-state index >= 15 is 0 Å². The number of esters is 1. The summed E-state index contributed by atoms with van der Waals surface area (Å²) < 4.78 is 33.1. The second-order valence-corrected chi connectivity index (χ2v) is 9.44. The number of benzene rings is 2. The van der Waals surface area contributed by atoms with Crippen molar-refractivity contribution in [3.8, 4) is 16.9 Å². The first kappa shape index (κ1) is 29.2. The lowest BCUT2D eigenvalue weighted by Gasteiger charge is -2.16. The zero-order chi connectivity index (χ0) is 27.0. The van der Waals surface area contributed by atoms with Gasteiger partial charge in [0.2, 0.25) is 5.12 Å². The normalized spacial score (nSPS) is 12.5. The number of ether oxygens (including phenoxy) is 1. The monoisotopic (exact) mass is 538 g/mol. The third-order valence-corrected chi connectivity index (χ3v) is 6.53. The Kier molecular flexibility index (Phi) is 10.8. The van der Waals surface area contributed by atoms with Gasteiger partial charge in [-0.1, -0.05) is 17.8 Å². The summed E-state index contributed by atoms with van der Waals surface area (Å²) in [6.45, 7) is 2.54. The lowest BCUT2D eigenvalue weighted by atomic mass is 10.0. The Morgan fingerprint density at radius 1 is 0.972 bits per heavy atom. The maximum atomic E-state index is 14.4. The zero-order valence-corrected chi connectivity index (χ0v) is 21.2. The van der Waals surface area contributed by atoms with Gasteiger partial charge in [-0.05, 0) is 43.7 Å². The molecule has 2 rings (SSSR count). The van der Waals surface area contributed by atoms with Crippen LogP contribution < -0.4 is 4.74 Å². The van der Waals surface area contributed by atoms with Crippen LogP contribution in [0.15, 0.2) is 36.4 Å². The van der Waals surface area contributed by atoms with Gasteiger partial charge in [0.25, 0.3) is 0 Å². The van der Waals surface area contributed by atoms with Crippen LogP contribution >= 0.6 is 24.4 Å². The molecular formula is C25H24F2O7S2. The quantitative estimate of drug-likeness (QED) is 0.229. The van der Waals surface area contributed by atoms with Crippen LogP contribution in [0.25, 0.3) is 11.1 Å². The number of Topliss-reactive ketones (excluding diaryl/α,β-unsaturated/α-hetero) is 2. The number of hydrogen-bond acceptors (Lipinski definition) is 8. The molecule has 0 saturated heterocycles. The SMILES string of the molecule is CC(=O)CC(CSC(=O)c1cc(-c2ccc(F)cc2F)ccc1OC(=O)C(CS)CC(C)=O)C(=O)O. The number of hydrogen-bond donors (Lipinski definition) is 2. The number of carboxylic acids is 1. The van der Waals surface area contributed by atoms with Gasteiger partial charge in [0.1, 0.15) is 29.0 Å². The Hall–Kier alpha value is -3.05. The molecule has 0 fully saturated rings. The van der Waals surface area contributed by atoms with Crippen molar-refractivity contribution in [2.24, 2.45) is 11.8 Å². The molecule has 0 spiro atoms. The smallest absolute Gasteiger partial charge is 0.315 e. The zero-order valence-electron chi connectivity index (χ0n) is 19.5. The minimum Gasteiger partial charge on any atom is -0.481 e. The van der Waals surface area contributed by atoms with Gasteiger partial charge in [0.15, 0.2) is 0 Å². The first-order valence-electron chi connectivity index (χ1n) is 10.7. The van der Waals surface area contributed by atoms with Crippen LogP contribution in [0.4, 0.5) is 8.78 Å². The van der Waals surface area contributed by atoms with E-state index in [0.717, 1.165) is 6.07 Å². The molecule has 0 saturated carbocycles. The van der Waals surface area contributed by atoms with Crippen molar-refractivity contribution in [3.05, 3.63) is 53.6 Å². The topological polar surface area (TPSA) is 115 Å². The van der Waals surface area contributed by atoms with E-state index in [4.69, 9.17) is 4.74 Å². The number of thiol groups is 1. The third-order valence-electron chi connectivity index (χ3n) is 5.04. The Bertz CT molecular complexity index is 1180. The summed E-state index contributed by atoms with van der Waals surface area (Å²) in [5.74, 6) is -6.74. The summed E-state index contributed by atoms with van der Waals surface area (Å²) in [6, 6.07) is 6.78. The number of halogens is 2. The molecule has 1 N–H and O–H groups in total. The molecule has 2 atom stereocenters. The highest BCUT2D eigenvalue weighted by atomic mass is 32.2. The Morgan fingerprint density at radius 3 is 2.17 bits per heavy atom. The molecule has 2 aromatic carbocycles. The molecule has 11 heteroatoms. The maximum Gasteiger partial charge on any atom is 0.315 e. The lowest BCUT2D eigenvalue weighted by Crippen LogP contribution is -2.25. The minimum absolute atomic E-state index is 0.0145. The number of carbonyl (C=O) groups is 5. The fraction of sp³-hybridized carbons (Fsp3) is 0.320. The van der Waals surface area contributed by atoms with E-state index in [9.17, 15) is 37.9 Å². The van der Waals surface area contributed by atoms with E-state index in [-0.39, 0.29) is 58.4 Å². The van der Waals surface area contributed by atoms with E-state index in [1.807, 2.05) is 0 Å². The lowest BCUT2D eigenvalue weighted by molar-refractivity contribution is -0.142. The number of carboxylic acid groups (broad SMARTS) is 1. The van der Waals surface area contributed by atoms with Crippen molar-refractivity contribution in [2.75, 3.05) is 11.5 Å². The average molecular weight is 539 g/mol. The minimum atomic E-state index is -1.25. The van der Waals surface area contributed by atoms with Gasteiger partial charge in [-0.15, -0.1) is 0 Å². The molecule has 7 nitrogen and oxygen atoms in total. The standard InChI is InChI=1S/C25H24F2O7S2/c1-13(28)7-16(11-35)24(32)34-22-6-3-15(19-5-4-18(26)10-21(19)27)9-20(22)25(33)36-12-17(23(30)31)8-14(2)29/h3-6,9-10,16-17,35H,7-8,11-12H2,1-2H3,(H,30,31). The van der Waals surface area contributed by atoms with E-state index in [0.29, 0.717) is 17.8 Å². The average Bonchev–Trinajstić information content (AvgIpc) is 2.79. The molecule has 0 aromatic heterocycles. The Balaban J connectivity index is 2.43. The van der Waals surface area contributed by atoms with Crippen LogP contribution in [0, 0.1) is 23.5 Å². The van der Waals surface area contributed by atoms with Crippen molar-refractivity contribution >= 4 is 53.0 Å². The summed E-state index contributed by atoms with van der Waals surface area (Å²) in [5, 5.41) is 8.64. The molecule has 0 amide bonds. The fourth-order valence-electron chi connectivity index (χ4n) is 3.25. The summed E-state index contributed by atoms with van der Waals surface area (Å²) in [4.78, 5) is 59.9. The molecule has 0 heterocycles. The van der Waals surface area contributed by atoms with Gasteiger partial charge in [-0.25, -0.2) is 8.78 Å². The number of rotatable bonds is 12. The van der Waals surface area contributed by atoms with Crippen LogP contribution in [0.5, 0.6) is 5.75 Å². The molecule has 0 radical (unpaired) electrons. The number of ketones is 2. The van der Waals surface area contributed by atoms with Crippen LogP contribution in [0.3, 0.4) is 0 Å². The highest BCUT2D eigenvalue weighted by Crippen LogP contribution is 2.32. The van der Waals surface area contributed by atoms with Crippen LogP contribution in [-0.4, -0.2) is 45.2 Å². The predicted molar refractivity (Wildman–Crippen MR) is 133 cm³/mol. The molecule has 2 unspecified atom stereocenters. The second kappa shape index (κ2) is 13.3. The highest BCUT2D eigenvalue weighted by Gasteiger charge is 2.26. The second-order valence-electron chi connectivity index (χ2n) is 8.08. The first-order valence-corrected chi connectivity index (χ1v) is 12.4. The van der Waals surface area contributed by atoms with Crippen molar-refractivity contribution in [2.45, 2.75) is 26.7 Å². The van der Waals surface area contributed by atoms with Crippen molar-refractivity contribution in [1.29, 1.82) is 0 Å². The van der Waals surface area contributed by atoms with Crippen molar-refractivity contribution < 1.29 is 42.6 Å². The predicted octanol–water partition coefficient (Wildman–Crippen LogP) is 4.62. The molecule has 0 aliphatic heterocycles. The Labute approximate surface area is 216 Å². The van der Waals surface area contributed by atoms with Gasteiger partial charge in [0.05, 0.1) is 17.4 Å². The molecule has 192 valence electrons. The largest absolute Gasteiger partial charge is 0.481 e. The maximum absolute atomic E-state index is 14.4. The third kappa shape index (κ3) is 8.27. The first-order chi connectivity index (χ1) is 16.9. The summed E-state index contributed by atoms with van der Waals surface area (Å²) in [6.07, 6.45) is -0.391. The van der Waals surface area contributed by atoms with Gasteiger partial charge in [-0.2, -0.15) is 12.6 Å². The van der Waals surface area contributed by atoms with Gasteiger partial charge >= 0.3 is 11.9 Å². The molecule has 0 aliphatic carbocycles. The molecule has 0 bridgehead atoms. The molecule has 0 aliphatic rings.